The number of hydrogen-bond acceptors (Lipinski definition) is 6. The van der Waals surface area contributed by atoms with E-state index >= 15 is 0 Å². The number of carbonyl (C=O) groups is 1. The summed E-state index contributed by atoms with van der Waals surface area (Å²) in [4.78, 5) is 24.8. The van der Waals surface area contributed by atoms with Crippen molar-refractivity contribution >= 4 is 17.2 Å². The molecule has 0 radical (unpaired) electrons. The van der Waals surface area contributed by atoms with Crippen LogP contribution in [0.5, 0.6) is 5.88 Å². The van der Waals surface area contributed by atoms with Crippen LogP contribution in [0, 0.1) is 6.92 Å². The summed E-state index contributed by atoms with van der Waals surface area (Å²) in [6.45, 7) is 14.9. The van der Waals surface area contributed by atoms with Crippen LogP contribution in [0.1, 0.15) is 61.6 Å². The van der Waals surface area contributed by atoms with Crippen molar-refractivity contribution in [3.8, 4) is 16.5 Å². The molecular formula is C21H32N4O2S. The van der Waals surface area contributed by atoms with Crippen LogP contribution in [-0.4, -0.2) is 53.6 Å². The average molecular weight is 405 g/mol. The molecule has 0 saturated heterocycles. The number of likely N-dealkylation sites (N-methyl/N-ethyl adjacent to an activating group) is 1. The predicted molar refractivity (Wildman–Crippen MR) is 115 cm³/mol. The fourth-order valence-electron chi connectivity index (χ4n) is 2.99. The average Bonchev–Trinajstić information content (AvgIpc) is 3.05. The Morgan fingerprint density at radius 1 is 1.25 bits per heavy atom. The van der Waals surface area contributed by atoms with Crippen molar-refractivity contribution in [2.24, 2.45) is 0 Å². The Balaban J connectivity index is 2.15. The van der Waals surface area contributed by atoms with Crippen molar-refractivity contribution in [3.63, 3.8) is 0 Å². The lowest BCUT2D eigenvalue weighted by molar-refractivity contribution is 0.0949. The largest absolute Gasteiger partial charge is 0.480 e. The molecule has 6 nitrogen and oxygen atoms in total. The summed E-state index contributed by atoms with van der Waals surface area (Å²) >= 11 is 1.38. The van der Waals surface area contributed by atoms with Crippen molar-refractivity contribution < 1.29 is 9.53 Å². The quantitative estimate of drug-likeness (QED) is 0.681. The van der Waals surface area contributed by atoms with Crippen LogP contribution >= 0.6 is 11.3 Å². The van der Waals surface area contributed by atoms with Gasteiger partial charge in [0.05, 0.1) is 18.4 Å². The number of carbonyl (C=O) groups excluding carboxylic acids is 1. The highest BCUT2D eigenvalue weighted by atomic mass is 32.1. The minimum absolute atomic E-state index is 0.0771. The van der Waals surface area contributed by atoms with Crippen molar-refractivity contribution in [1.29, 1.82) is 0 Å². The third kappa shape index (κ3) is 5.29. The second-order valence-electron chi connectivity index (χ2n) is 7.36. The van der Waals surface area contributed by atoms with Gasteiger partial charge in [-0.3, -0.25) is 9.69 Å². The van der Waals surface area contributed by atoms with Crippen molar-refractivity contribution in [2.45, 2.75) is 53.5 Å². The molecule has 0 aliphatic rings. The lowest BCUT2D eigenvalue weighted by Gasteiger charge is -2.24. The van der Waals surface area contributed by atoms with Gasteiger partial charge in [0.15, 0.2) is 0 Å². The maximum Gasteiger partial charge on any atom is 0.263 e. The van der Waals surface area contributed by atoms with Crippen LogP contribution in [0.4, 0.5) is 0 Å². The number of pyridine rings is 1. The molecular weight excluding hydrogens is 372 g/mol. The summed E-state index contributed by atoms with van der Waals surface area (Å²) in [6.07, 6.45) is 0. The van der Waals surface area contributed by atoms with E-state index in [4.69, 9.17) is 4.74 Å². The molecule has 1 amide bonds. The first-order valence-corrected chi connectivity index (χ1v) is 10.6. The van der Waals surface area contributed by atoms with E-state index in [-0.39, 0.29) is 5.91 Å². The molecule has 154 valence electrons. The minimum atomic E-state index is -0.0771. The highest BCUT2D eigenvalue weighted by Crippen LogP contribution is 2.34. The number of aromatic nitrogens is 2. The predicted octanol–water partition coefficient (Wildman–Crippen LogP) is 4.11. The first-order valence-electron chi connectivity index (χ1n) is 9.83. The Labute approximate surface area is 172 Å². The number of nitrogens with one attached hydrogen (secondary N) is 1. The fourth-order valence-corrected chi connectivity index (χ4v) is 3.99. The Hall–Kier alpha value is -1.99. The Kier molecular flexibility index (Phi) is 7.95. The zero-order valence-electron chi connectivity index (χ0n) is 18.0. The molecule has 7 heteroatoms. The monoisotopic (exact) mass is 404 g/mol. The molecule has 2 rings (SSSR count). The van der Waals surface area contributed by atoms with Gasteiger partial charge in [0, 0.05) is 24.8 Å². The summed E-state index contributed by atoms with van der Waals surface area (Å²) < 4.78 is 5.48. The molecule has 0 aliphatic carbocycles. The zero-order chi connectivity index (χ0) is 20.8. The molecule has 2 aromatic heterocycles. The molecule has 2 heterocycles. The lowest BCUT2D eigenvalue weighted by Crippen LogP contribution is -2.38. The van der Waals surface area contributed by atoms with Crippen LogP contribution in [0.2, 0.25) is 0 Å². The normalized spacial score (nSPS) is 11.5. The van der Waals surface area contributed by atoms with Crippen molar-refractivity contribution in [1.82, 2.24) is 20.2 Å². The van der Waals surface area contributed by atoms with Crippen LogP contribution in [0.3, 0.4) is 0 Å². The highest BCUT2D eigenvalue weighted by Gasteiger charge is 2.19. The third-order valence-corrected chi connectivity index (χ3v) is 5.91. The lowest BCUT2D eigenvalue weighted by atomic mass is 10.1. The van der Waals surface area contributed by atoms with Crippen LogP contribution in [-0.2, 0) is 0 Å². The molecule has 0 unspecified atom stereocenters. The van der Waals surface area contributed by atoms with Crippen molar-refractivity contribution in [3.05, 3.63) is 28.4 Å². The van der Waals surface area contributed by atoms with Crippen molar-refractivity contribution in [2.75, 3.05) is 26.7 Å². The Morgan fingerprint density at radius 3 is 2.54 bits per heavy atom. The molecule has 28 heavy (non-hydrogen) atoms. The van der Waals surface area contributed by atoms with Gasteiger partial charge in [0.2, 0.25) is 5.88 Å². The third-order valence-electron chi connectivity index (χ3n) is 4.72. The second-order valence-corrected chi connectivity index (χ2v) is 8.36. The zero-order valence-corrected chi connectivity index (χ0v) is 18.8. The van der Waals surface area contributed by atoms with Crippen LogP contribution in [0.25, 0.3) is 10.6 Å². The summed E-state index contributed by atoms with van der Waals surface area (Å²) in [5, 5.41) is 3.77. The maximum absolute atomic E-state index is 12.6. The van der Waals surface area contributed by atoms with Gasteiger partial charge >= 0.3 is 0 Å². The minimum Gasteiger partial charge on any atom is -0.480 e. The molecule has 0 bridgehead atoms. The molecule has 0 saturated carbocycles. The molecule has 0 atom stereocenters. The van der Waals surface area contributed by atoms with Gasteiger partial charge in [-0.05, 0) is 45.4 Å². The van der Waals surface area contributed by atoms with E-state index in [1.54, 1.807) is 7.11 Å². The number of hydrogen-bond donors (Lipinski definition) is 1. The van der Waals surface area contributed by atoms with Gasteiger partial charge in [-0.15, -0.1) is 11.3 Å². The van der Waals surface area contributed by atoms with Gasteiger partial charge in [-0.1, -0.05) is 20.8 Å². The topological polar surface area (TPSA) is 67.4 Å². The smallest absolute Gasteiger partial charge is 0.263 e. The number of nitrogens with zero attached hydrogens (tertiary/aromatic N) is 3. The molecule has 2 aromatic rings. The van der Waals surface area contributed by atoms with Crippen LogP contribution in [0.15, 0.2) is 12.1 Å². The number of methoxy groups -OCH3 is 1. The molecule has 0 aromatic carbocycles. The summed E-state index contributed by atoms with van der Waals surface area (Å²) in [6, 6.07) is 4.43. The molecule has 1 N–H and O–H groups in total. The van der Waals surface area contributed by atoms with Gasteiger partial charge in [-0.25, -0.2) is 9.97 Å². The van der Waals surface area contributed by atoms with Crippen LogP contribution < -0.4 is 10.1 Å². The SMILES string of the molecule is CCN(CCNC(=O)c1sc(-c2ccc(C(C)C)nc2OC)nc1C)C(C)C. The Morgan fingerprint density at radius 2 is 1.96 bits per heavy atom. The fraction of sp³-hybridized carbons (Fsp3) is 0.571. The summed E-state index contributed by atoms with van der Waals surface area (Å²) in [7, 11) is 1.61. The van der Waals surface area contributed by atoms with Gasteiger partial charge in [0.1, 0.15) is 9.88 Å². The summed E-state index contributed by atoms with van der Waals surface area (Å²) in [5.74, 6) is 0.782. The second kappa shape index (κ2) is 9.98. The first kappa shape index (κ1) is 22.3. The van der Waals surface area contributed by atoms with Gasteiger partial charge in [-0.2, -0.15) is 0 Å². The molecule has 0 spiro atoms. The molecule has 0 aliphatic heterocycles. The van der Waals surface area contributed by atoms with E-state index in [0.717, 1.165) is 35.0 Å². The highest BCUT2D eigenvalue weighted by molar-refractivity contribution is 7.17. The number of rotatable bonds is 9. The molecule has 0 fully saturated rings. The van der Waals surface area contributed by atoms with E-state index in [2.05, 4.69) is 54.8 Å². The first-order chi connectivity index (χ1) is 13.3. The number of thiazole rings is 1. The van der Waals surface area contributed by atoms with E-state index in [0.29, 0.717) is 29.3 Å². The standard InChI is InChI=1S/C21H32N4O2S/c1-8-25(14(4)5)12-11-22-19(26)18-15(6)23-21(28-18)16-9-10-17(13(2)3)24-20(16)27-7/h9-10,13-14H,8,11-12H2,1-7H3,(H,22,26). The van der Waals surface area contributed by atoms with E-state index in [9.17, 15) is 4.79 Å². The van der Waals surface area contributed by atoms with E-state index < -0.39 is 0 Å². The van der Waals surface area contributed by atoms with Gasteiger partial charge in [0.25, 0.3) is 5.91 Å². The van der Waals surface area contributed by atoms with Gasteiger partial charge < -0.3 is 10.1 Å². The Bertz CT molecular complexity index is 802. The number of ether oxygens (including phenoxy) is 1. The number of amides is 1. The maximum atomic E-state index is 12.6. The number of aryl methyl sites for hydroxylation is 1. The van der Waals surface area contributed by atoms with E-state index in [1.165, 1.54) is 11.3 Å². The summed E-state index contributed by atoms with van der Waals surface area (Å²) in [5.41, 5.74) is 2.51. The van der Waals surface area contributed by atoms with E-state index in [1.807, 2.05) is 19.1 Å².